The second-order valence-corrected chi connectivity index (χ2v) is 4.42. The van der Waals surface area contributed by atoms with E-state index in [2.05, 4.69) is 40.2 Å². The lowest BCUT2D eigenvalue weighted by Gasteiger charge is -2.10. The van der Waals surface area contributed by atoms with Crippen molar-refractivity contribution in [2.45, 2.75) is 6.61 Å². The summed E-state index contributed by atoms with van der Waals surface area (Å²) >= 11 is 3.58. The maximum atomic E-state index is 5.21. The Hall–Kier alpha value is -1.12. The quantitative estimate of drug-likeness (QED) is 0.814. The van der Waals surface area contributed by atoms with Crippen LogP contribution in [0, 0.1) is 0 Å². The lowest BCUT2D eigenvalue weighted by Crippen LogP contribution is -1.92. The van der Waals surface area contributed by atoms with Gasteiger partial charge in [-0.3, -0.25) is 0 Å². The van der Waals surface area contributed by atoms with Gasteiger partial charge in [0.05, 0.1) is 6.61 Å². The Morgan fingerprint density at radius 2 is 1.56 bits per heavy atom. The van der Waals surface area contributed by atoms with Gasteiger partial charge in [0.15, 0.2) is 0 Å². The Kier molecular flexibility index (Phi) is 3.75. The number of halogens is 1. The van der Waals surface area contributed by atoms with Crippen LogP contribution in [0.3, 0.4) is 0 Å². The molecule has 0 saturated carbocycles. The van der Waals surface area contributed by atoms with Crippen LogP contribution >= 0.6 is 15.9 Å². The lowest BCUT2D eigenvalue weighted by molar-refractivity contribution is 0.185. The van der Waals surface area contributed by atoms with Gasteiger partial charge in [0.25, 0.3) is 0 Å². The molecule has 0 aromatic heterocycles. The molecule has 0 unspecified atom stereocenters. The van der Waals surface area contributed by atoms with Gasteiger partial charge in [-0.05, 0) is 22.8 Å². The van der Waals surface area contributed by atoms with Gasteiger partial charge >= 0.3 is 0 Å². The summed E-state index contributed by atoms with van der Waals surface area (Å²) < 4.78 is 6.32. The van der Waals surface area contributed by atoms with Gasteiger partial charge in [-0.15, -0.1) is 0 Å². The monoisotopic (exact) mass is 276 g/mol. The normalized spacial score (nSPS) is 10.4. The topological polar surface area (TPSA) is 9.23 Å². The van der Waals surface area contributed by atoms with Crippen molar-refractivity contribution in [1.29, 1.82) is 0 Å². The Bertz CT molecular complexity index is 480. The number of benzene rings is 2. The third-order valence-electron chi connectivity index (χ3n) is 2.48. The molecule has 2 aromatic carbocycles. The van der Waals surface area contributed by atoms with Crippen LogP contribution in [-0.2, 0) is 11.3 Å². The van der Waals surface area contributed by atoms with Crippen molar-refractivity contribution >= 4 is 15.9 Å². The van der Waals surface area contributed by atoms with Crippen molar-refractivity contribution in [2.24, 2.45) is 0 Å². The maximum absolute atomic E-state index is 5.21. The largest absolute Gasteiger partial charge is 0.380 e. The first kappa shape index (κ1) is 11.4. The molecule has 2 aromatic rings. The zero-order valence-corrected chi connectivity index (χ0v) is 10.7. The highest BCUT2D eigenvalue weighted by Crippen LogP contribution is 2.30. The van der Waals surface area contributed by atoms with Crippen LogP contribution in [0.4, 0.5) is 0 Å². The Labute approximate surface area is 104 Å². The van der Waals surface area contributed by atoms with Crippen molar-refractivity contribution in [2.75, 3.05) is 7.11 Å². The second kappa shape index (κ2) is 5.28. The van der Waals surface area contributed by atoms with E-state index in [-0.39, 0.29) is 0 Å². The Balaban J connectivity index is 2.51. The van der Waals surface area contributed by atoms with E-state index < -0.39 is 0 Å². The summed E-state index contributed by atoms with van der Waals surface area (Å²) in [6.07, 6.45) is 0. The van der Waals surface area contributed by atoms with Crippen molar-refractivity contribution in [3.63, 3.8) is 0 Å². The van der Waals surface area contributed by atoms with Crippen molar-refractivity contribution in [3.8, 4) is 11.1 Å². The van der Waals surface area contributed by atoms with Crippen LogP contribution in [0.15, 0.2) is 53.0 Å². The molecule has 0 fully saturated rings. The first-order valence-corrected chi connectivity index (χ1v) is 5.94. The summed E-state index contributed by atoms with van der Waals surface area (Å²) in [6.45, 7) is 0.636. The average Bonchev–Trinajstić information content (AvgIpc) is 2.31. The lowest BCUT2D eigenvalue weighted by atomic mass is 10.0. The zero-order valence-electron chi connectivity index (χ0n) is 9.11. The van der Waals surface area contributed by atoms with E-state index in [1.807, 2.05) is 24.3 Å². The molecule has 0 atom stereocenters. The molecule has 2 heteroatoms. The van der Waals surface area contributed by atoms with Gasteiger partial charge < -0.3 is 4.74 Å². The minimum Gasteiger partial charge on any atom is -0.380 e. The van der Waals surface area contributed by atoms with Gasteiger partial charge in [-0.2, -0.15) is 0 Å². The van der Waals surface area contributed by atoms with Crippen LogP contribution in [0.1, 0.15) is 5.56 Å². The highest BCUT2D eigenvalue weighted by atomic mass is 79.9. The molecule has 0 heterocycles. The fraction of sp³-hybridized carbons (Fsp3) is 0.143. The predicted octanol–water partition coefficient (Wildman–Crippen LogP) is 4.26. The van der Waals surface area contributed by atoms with E-state index in [0.29, 0.717) is 6.61 Å². The Morgan fingerprint density at radius 1 is 0.938 bits per heavy atom. The third-order valence-corrected chi connectivity index (χ3v) is 3.17. The van der Waals surface area contributed by atoms with E-state index in [1.54, 1.807) is 7.11 Å². The average molecular weight is 277 g/mol. The van der Waals surface area contributed by atoms with Gasteiger partial charge in [0.2, 0.25) is 0 Å². The molecule has 2 rings (SSSR count). The standard InChI is InChI=1S/C14H13BrO/c1-16-10-11-6-2-3-7-12(11)13-8-4-5-9-14(13)15/h2-9H,10H2,1H3. The molecular formula is C14H13BrO. The summed E-state index contributed by atoms with van der Waals surface area (Å²) in [7, 11) is 1.72. The van der Waals surface area contributed by atoms with Crippen LogP contribution in [0.5, 0.6) is 0 Å². The third kappa shape index (κ3) is 2.34. The van der Waals surface area contributed by atoms with Crippen LogP contribution in [-0.4, -0.2) is 7.11 Å². The zero-order chi connectivity index (χ0) is 11.4. The molecule has 0 radical (unpaired) electrons. The van der Waals surface area contributed by atoms with Crippen LogP contribution < -0.4 is 0 Å². The summed E-state index contributed by atoms with van der Waals surface area (Å²) in [6, 6.07) is 16.5. The molecule has 0 saturated heterocycles. The molecule has 82 valence electrons. The number of ether oxygens (including phenoxy) is 1. The Morgan fingerprint density at radius 3 is 2.25 bits per heavy atom. The van der Waals surface area contributed by atoms with Gasteiger partial charge in [0.1, 0.15) is 0 Å². The predicted molar refractivity (Wildman–Crippen MR) is 70.3 cm³/mol. The summed E-state index contributed by atoms with van der Waals surface area (Å²) in [4.78, 5) is 0. The fourth-order valence-corrected chi connectivity index (χ4v) is 2.24. The summed E-state index contributed by atoms with van der Waals surface area (Å²) in [5.41, 5.74) is 3.63. The molecule has 0 N–H and O–H groups in total. The molecular weight excluding hydrogens is 264 g/mol. The van der Waals surface area contributed by atoms with Gasteiger partial charge in [0, 0.05) is 11.6 Å². The molecule has 0 aliphatic carbocycles. The molecule has 0 aliphatic heterocycles. The van der Waals surface area contributed by atoms with Crippen LogP contribution in [0.25, 0.3) is 11.1 Å². The van der Waals surface area contributed by atoms with E-state index >= 15 is 0 Å². The molecule has 0 spiro atoms. The summed E-state index contributed by atoms with van der Waals surface area (Å²) in [5, 5.41) is 0. The van der Waals surface area contributed by atoms with Gasteiger partial charge in [-0.25, -0.2) is 0 Å². The highest BCUT2D eigenvalue weighted by Gasteiger charge is 2.06. The van der Waals surface area contributed by atoms with E-state index in [4.69, 9.17) is 4.74 Å². The highest BCUT2D eigenvalue weighted by molar-refractivity contribution is 9.10. The van der Waals surface area contributed by atoms with E-state index in [9.17, 15) is 0 Å². The van der Waals surface area contributed by atoms with Gasteiger partial charge in [-0.1, -0.05) is 58.4 Å². The smallest absolute Gasteiger partial charge is 0.0719 e. The number of rotatable bonds is 3. The number of hydrogen-bond acceptors (Lipinski definition) is 1. The van der Waals surface area contributed by atoms with Crippen molar-refractivity contribution < 1.29 is 4.74 Å². The molecule has 0 amide bonds. The first-order valence-electron chi connectivity index (χ1n) is 5.14. The SMILES string of the molecule is COCc1ccccc1-c1ccccc1Br. The van der Waals surface area contributed by atoms with Crippen LogP contribution in [0.2, 0.25) is 0 Å². The molecule has 0 aliphatic rings. The second-order valence-electron chi connectivity index (χ2n) is 3.57. The van der Waals surface area contributed by atoms with E-state index in [0.717, 1.165) is 4.47 Å². The minimum atomic E-state index is 0.636. The maximum Gasteiger partial charge on any atom is 0.0719 e. The fourth-order valence-electron chi connectivity index (χ4n) is 1.74. The number of hydrogen-bond donors (Lipinski definition) is 0. The molecule has 1 nitrogen and oxygen atoms in total. The molecule has 16 heavy (non-hydrogen) atoms. The van der Waals surface area contributed by atoms with E-state index in [1.165, 1.54) is 16.7 Å². The van der Waals surface area contributed by atoms with Crippen molar-refractivity contribution in [3.05, 3.63) is 58.6 Å². The minimum absolute atomic E-state index is 0.636. The summed E-state index contributed by atoms with van der Waals surface area (Å²) in [5.74, 6) is 0. The molecule has 0 bridgehead atoms. The van der Waals surface area contributed by atoms with Crippen molar-refractivity contribution in [1.82, 2.24) is 0 Å². The first-order chi connectivity index (χ1) is 7.83. The number of methoxy groups -OCH3 is 1.